The molecule has 4 nitrogen and oxygen atoms in total. The van der Waals surface area contributed by atoms with Gasteiger partial charge in [0.05, 0.1) is 18.2 Å². The first kappa shape index (κ1) is 8.47. The van der Waals surface area contributed by atoms with E-state index in [1.54, 1.807) is 18.9 Å². The molecule has 2 heterocycles. The van der Waals surface area contributed by atoms with E-state index in [0.29, 0.717) is 6.04 Å². The minimum absolute atomic E-state index is 0.608. The van der Waals surface area contributed by atoms with Crippen LogP contribution in [0, 0.1) is 0 Å². The number of anilines is 1. The van der Waals surface area contributed by atoms with Gasteiger partial charge in [-0.3, -0.25) is 0 Å². The monoisotopic (exact) mass is 201 g/mol. The summed E-state index contributed by atoms with van der Waals surface area (Å²) in [6, 6.07) is 4.45. The molecule has 0 bridgehead atoms. The number of hydrogen-bond acceptors (Lipinski definition) is 4. The van der Waals surface area contributed by atoms with Crippen molar-refractivity contribution < 1.29 is 4.42 Å². The van der Waals surface area contributed by atoms with E-state index in [9.17, 15) is 0 Å². The Kier molecular flexibility index (Phi) is 1.91. The molecule has 1 aliphatic carbocycles. The lowest BCUT2D eigenvalue weighted by Gasteiger charge is -2.03. The van der Waals surface area contributed by atoms with Crippen LogP contribution >= 0.6 is 0 Å². The summed E-state index contributed by atoms with van der Waals surface area (Å²) < 4.78 is 5.02. The van der Waals surface area contributed by atoms with Crippen molar-refractivity contribution in [1.82, 2.24) is 9.97 Å². The Morgan fingerprint density at radius 1 is 1.33 bits per heavy atom. The van der Waals surface area contributed by atoms with E-state index in [-0.39, 0.29) is 0 Å². The molecule has 76 valence electrons. The zero-order chi connectivity index (χ0) is 10.1. The van der Waals surface area contributed by atoms with Crippen LogP contribution in [0.15, 0.2) is 35.4 Å². The van der Waals surface area contributed by atoms with Gasteiger partial charge in [0.2, 0.25) is 0 Å². The van der Waals surface area contributed by atoms with Gasteiger partial charge >= 0.3 is 0 Å². The lowest BCUT2D eigenvalue weighted by molar-refractivity contribution is 0.568. The fraction of sp³-hybridized carbons (Fsp3) is 0.273. The molecule has 1 aliphatic rings. The maximum absolute atomic E-state index is 5.02. The highest BCUT2D eigenvalue weighted by Crippen LogP contribution is 2.25. The molecule has 0 spiro atoms. The Labute approximate surface area is 87.4 Å². The Hall–Kier alpha value is -1.84. The summed E-state index contributed by atoms with van der Waals surface area (Å²) >= 11 is 0. The van der Waals surface area contributed by atoms with Crippen molar-refractivity contribution in [3.05, 3.63) is 31.0 Å². The number of rotatable bonds is 3. The number of furan rings is 1. The van der Waals surface area contributed by atoms with Crippen LogP contribution in [0.1, 0.15) is 12.8 Å². The van der Waals surface area contributed by atoms with Crippen molar-refractivity contribution in [2.45, 2.75) is 18.9 Å². The van der Waals surface area contributed by atoms with Gasteiger partial charge < -0.3 is 9.73 Å². The van der Waals surface area contributed by atoms with E-state index in [1.807, 2.05) is 12.1 Å². The molecule has 0 unspecified atom stereocenters. The van der Waals surface area contributed by atoms with Crippen LogP contribution in [0.25, 0.3) is 11.3 Å². The van der Waals surface area contributed by atoms with E-state index < -0.39 is 0 Å². The maximum Gasteiger partial charge on any atom is 0.130 e. The zero-order valence-electron chi connectivity index (χ0n) is 8.18. The SMILES string of the molecule is c1nc(NC2CC2)cc(-c2ccoc2)n1. The average molecular weight is 201 g/mol. The molecular weight excluding hydrogens is 190 g/mol. The van der Waals surface area contributed by atoms with E-state index >= 15 is 0 Å². The third kappa shape index (κ3) is 1.83. The zero-order valence-corrected chi connectivity index (χ0v) is 8.18. The molecule has 1 saturated carbocycles. The highest BCUT2D eigenvalue weighted by molar-refractivity contribution is 5.60. The smallest absolute Gasteiger partial charge is 0.130 e. The summed E-state index contributed by atoms with van der Waals surface area (Å²) in [5.74, 6) is 0.892. The van der Waals surface area contributed by atoms with Crippen LogP contribution in [0.3, 0.4) is 0 Å². The van der Waals surface area contributed by atoms with E-state index in [4.69, 9.17) is 4.42 Å². The molecule has 0 atom stereocenters. The largest absolute Gasteiger partial charge is 0.472 e. The number of aromatic nitrogens is 2. The minimum atomic E-state index is 0.608. The number of nitrogens with zero attached hydrogens (tertiary/aromatic N) is 2. The molecule has 0 amide bonds. The van der Waals surface area contributed by atoms with Crippen LogP contribution in [0.2, 0.25) is 0 Å². The molecule has 1 fully saturated rings. The first-order chi connectivity index (χ1) is 7.42. The highest BCUT2D eigenvalue weighted by atomic mass is 16.3. The second kappa shape index (κ2) is 3.38. The Bertz CT molecular complexity index is 449. The van der Waals surface area contributed by atoms with Crippen molar-refractivity contribution in [2.24, 2.45) is 0 Å². The Morgan fingerprint density at radius 3 is 3.00 bits per heavy atom. The normalized spacial score (nSPS) is 15.2. The third-order valence-corrected chi connectivity index (χ3v) is 2.41. The van der Waals surface area contributed by atoms with E-state index in [0.717, 1.165) is 17.1 Å². The molecule has 0 saturated heterocycles. The van der Waals surface area contributed by atoms with Gasteiger partial charge in [0.1, 0.15) is 12.1 Å². The highest BCUT2D eigenvalue weighted by Gasteiger charge is 2.21. The predicted molar refractivity (Wildman–Crippen MR) is 56.4 cm³/mol. The van der Waals surface area contributed by atoms with E-state index in [2.05, 4.69) is 15.3 Å². The van der Waals surface area contributed by atoms with Crippen molar-refractivity contribution >= 4 is 5.82 Å². The summed E-state index contributed by atoms with van der Waals surface area (Å²) in [6.45, 7) is 0. The Morgan fingerprint density at radius 2 is 2.27 bits per heavy atom. The molecule has 0 aromatic carbocycles. The van der Waals surface area contributed by atoms with Crippen LogP contribution in [0.4, 0.5) is 5.82 Å². The quantitative estimate of drug-likeness (QED) is 0.827. The molecule has 2 aromatic rings. The molecule has 1 N–H and O–H groups in total. The fourth-order valence-electron chi connectivity index (χ4n) is 1.44. The van der Waals surface area contributed by atoms with Gasteiger partial charge in [-0.2, -0.15) is 0 Å². The lowest BCUT2D eigenvalue weighted by atomic mass is 10.2. The average Bonchev–Trinajstić information content (AvgIpc) is 2.91. The van der Waals surface area contributed by atoms with Gasteiger partial charge in [-0.1, -0.05) is 0 Å². The molecule has 0 aliphatic heterocycles. The summed E-state index contributed by atoms with van der Waals surface area (Å²) in [4.78, 5) is 8.38. The summed E-state index contributed by atoms with van der Waals surface area (Å²) in [5.41, 5.74) is 1.87. The number of hydrogen-bond donors (Lipinski definition) is 1. The van der Waals surface area contributed by atoms with Crippen molar-refractivity contribution in [2.75, 3.05) is 5.32 Å². The lowest BCUT2D eigenvalue weighted by Crippen LogP contribution is -2.03. The maximum atomic E-state index is 5.02. The predicted octanol–water partition coefficient (Wildman–Crippen LogP) is 2.31. The molecule has 2 aromatic heterocycles. The summed E-state index contributed by atoms with van der Waals surface area (Å²) in [5, 5.41) is 3.34. The van der Waals surface area contributed by atoms with Crippen molar-refractivity contribution in [3.8, 4) is 11.3 Å². The molecular formula is C11H11N3O. The fourth-order valence-corrected chi connectivity index (χ4v) is 1.44. The van der Waals surface area contributed by atoms with Crippen LogP contribution in [-0.4, -0.2) is 16.0 Å². The molecule has 3 rings (SSSR count). The van der Waals surface area contributed by atoms with Gasteiger partial charge in [0, 0.05) is 17.7 Å². The van der Waals surface area contributed by atoms with Crippen LogP contribution < -0.4 is 5.32 Å². The second-order valence-corrected chi connectivity index (χ2v) is 3.72. The van der Waals surface area contributed by atoms with Gasteiger partial charge in [0.25, 0.3) is 0 Å². The van der Waals surface area contributed by atoms with Gasteiger partial charge in [-0.15, -0.1) is 0 Å². The van der Waals surface area contributed by atoms with Crippen molar-refractivity contribution in [1.29, 1.82) is 0 Å². The van der Waals surface area contributed by atoms with Gasteiger partial charge in [0.15, 0.2) is 0 Å². The van der Waals surface area contributed by atoms with Crippen LogP contribution in [-0.2, 0) is 0 Å². The molecule has 15 heavy (non-hydrogen) atoms. The summed E-state index contributed by atoms with van der Waals surface area (Å²) in [6.07, 6.45) is 7.39. The Balaban J connectivity index is 1.88. The second-order valence-electron chi connectivity index (χ2n) is 3.72. The minimum Gasteiger partial charge on any atom is -0.472 e. The topological polar surface area (TPSA) is 51.0 Å². The first-order valence-corrected chi connectivity index (χ1v) is 5.03. The third-order valence-electron chi connectivity index (χ3n) is 2.41. The van der Waals surface area contributed by atoms with E-state index in [1.165, 1.54) is 12.8 Å². The van der Waals surface area contributed by atoms with Gasteiger partial charge in [-0.25, -0.2) is 9.97 Å². The first-order valence-electron chi connectivity index (χ1n) is 5.03. The molecule has 0 radical (unpaired) electrons. The van der Waals surface area contributed by atoms with Crippen molar-refractivity contribution in [3.63, 3.8) is 0 Å². The number of nitrogens with one attached hydrogen (secondary N) is 1. The van der Waals surface area contributed by atoms with Gasteiger partial charge in [-0.05, 0) is 18.9 Å². The summed E-state index contributed by atoms with van der Waals surface area (Å²) in [7, 11) is 0. The molecule has 4 heteroatoms. The standard InChI is InChI=1S/C11H11N3O/c1-2-9(1)14-11-5-10(12-7-13-11)8-3-4-15-6-8/h3-7,9H,1-2H2,(H,12,13,14). The van der Waals surface area contributed by atoms with Crippen LogP contribution in [0.5, 0.6) is 0 Å².